The summed E-state index contributed by atoms with van der Waals surface area (Å²) in [5, 5.41) is -0.312. The van der Waals surface area contributed by atoms with Crippen molar-refractivity contribution in [1.29, 1.82) is 0 Å². The van der Waals surface area contributed by atoms with Crippen LogP contribution in [0.3, 0.4) is 0 Å². The molecule has 1 aromatic carbocycles. The fourth-order valence-corrected chi connectivity index (χ4v) is 1.06. The van der Waals surface area contributed by atoms with Gasteiger partial charge in [0.05, 0.1) is 5.02 Å². The van der Waals surface area contributed by atoms with E-state index in [9.17, 15) is 22.4 Å². The summed E-state index contributed by atoms with van der Waals surface area (Å²) in [6.45, 7) is -1.62. The van der Waals surface area contributed by atoms with E-state index in [2.05, 4.69) is 4.84 Å². The molecule has 94 valence electrons. The summed E-state index contributed by atoms with van der Waals surface area (Å²) >= 11 is 5.39. The van der Waals surface area contributed by atoms with Gasteiger partial charge in [-0.05, 0) is 18.2 Å². The minimum atomic E-state index is -4.55. The van der Waals surface area contributed by atoms with Crippen LogP contribution in [-0.2, 0) is 4.84 Å². The van der Waals surface area contributed by atoms with Gasteiger partial charge < -0.3 is 0 Å². The van der Waals surface area contributed by atoms with Crippen molar-refractivity contribution < 1.29 is 27.2 Å². The molecule has 0 fully saturated rings. The molecule has 1 rings (SSSR count). The van der Waals surface area contributed by atoms with E-state index in [0.717, 1.165) is 18.2 Å². The van der Waals surface area contributed by atoms with Crippen LogP contribution in [0.1, 0.15) is 10.4 Å². The fourth-order valence-electron chi connectivity index (χ4n) is 0.880. The molecule has 8 heteroatoms. The van der Waals surface area contributed by atoms with Crippen LogP contribution in [0.15, 0.2) is 18.2 Å². The van der Waals surface area contributed by atoms with Crippen LogP contribution in [0, 0.1) is 5.82 Å². The van der Waals surface area contributed by atoms with E-state index in [1.165, 1.54) is 0 Å². The van der Waals surface area contributed by atoms with Crippen LogP contribution < -0.4 is 5.48 Å². The van der Waals surface area contributed by atoms with E-state index in [1.54, 1.807) is 5.48 Å². The number of nitrogens with one attached hydrogen (secondary N) is 1. The minimum Gasteiger partial charge on any atom is -0.267 e. The van der Waals surface area contributed by atoms with Gasteiger partial charge in [0.25, 0.3) is 5.91 Å². The molecule has 1 aromatic rings. The third kappa shape index (κ3) is 4.58. The van der Waals surface area contributed by atoms with Gasteiger partial charge in [0, 0.05) is 5.56 Å². The van der Waals surface area contributed by atoms with Gasteiger partial charge in [-0.3, -0.25) is 9.63 Å². The molecule has 0 aliphatic rings. The fraction of sp³-hybridized carbons (Fsp3) is 0.222. The molecule has 1 amide bonds. The lowest BCUT2D eigenvalue weighted by atomic mass is 10.2. The number of hydrogen-bond acceptors (Lipinski definition) is 2. The summed E-state index contributed by atoms with van der Waals surface area (Å²) in [7, 11) is 0. The number of hydroxylamine groups is 1. The first-order valence-corrected chi connectivity index (χ1v) is 4.61. The number of rotatable bonds is 3. The molecule has 0 aliphatic heterocycles. The van der Waals surface area contributed by atoms with Crippen molar-refractivity contribution in [3.63, 3.8) is 0 Å². The topological polar surface area (TPSA) is 38.3 Å². The monoisotopic (exact) mass is 271 g/mol. The molecule has 1 N–H and O–H groups in total. The van der Waals surface area contributed by atoms with Gasteiger partial charge in [-0.15, -0.1) is 0 Å². The molecule has 0 saturated heterocycles. The van der Waals surface area contributed by atoms with Crippen LogP contribution >= 0.6 is 11.6 Å². The summed E-state index contributed by atoms with van der Waals surface area (Å²) in [6.07, 6.45) is -4.55. The molecular formula is C9H6ClF4NO2. The maximum atomic E-state index is 12.7. The van der Waals surface area contributed by atoms with E-state index >= 15 is 0 Å². The van der Waals surface area contributed by atoms with Gasteiger partial charge >= 0.3 is 6.18 Å². The second kappa shape index (κ2) is 5.33. The third-order valence-electron chi connectivity index (χ3n) is 1.58. The van der Waals surface area contributed by atoms with E-state index < -0.39 is 24.5 Å². The molecular weight excluding hydrogens is 266 g/mol. The summed E-state index contributed by atoms with van der Waals surface area (Å²) < 4.78 is 47.8. The Labute approximate surface area is 98.3 Å². The zero-order valence-electron chi connectivity index (χ0n) is 8.15. The van der Waals surface area contributed by atoms with Crippen LogP contribution in [0.4, 0.5) is 17.6 Å². The lowest BCUT2D eigenvalue weighted by Gasteiger charge is -2.08. The van der Waals surface area contributed by atoms with Crippen molar-refractivity contribution in [3.8, 4) is 0 Å². The molecule has 0 aromatic heterocycles. The predicted octanol–water partition coefficient (Wildman–Crippen LogP) is 2.70. The van der Waals surface area contributed by atoms with Gasteiger partial charge in [-0.25, -0.2) is 9.87 Å². The molecule has 3 nitrogen and oxygen atoms in total. The molecule has 0 heterocycles. The highest BCUT2D eigenvalue weighted by molar-refractivity contribution is 6.31. The first kappa shape index (κ1) is 13.7. The highest BCUT2D eigenvalue weighted by atomic mass is 35.5. The summed E-state index contributed by atoms with van der Waals surface area (Å²) in [6, 6.07) is 2.96. The Balaban J connectivity index is 2.56. The molecule has 0 atom stereocenters. The molecule has 17 heavy (non-hydrogen) atoms. The number of carbonyl (C=O) groups is 1. The van der Waals surface area contributed by atoms with Gasteiger partial charge in [-0.1, -0.05) is 11.6 Å². The van der Waals surface area contributed by atoms with Crippen molar-refractivity contribution in [3.05, 3.63) is 34.6 Å². The number of carbonyl (C=O) groups excluding carboxylic acids is 1. The van der Waals surface area contributed by atoms with Crippen LogP contribution in [0.2, 0.25) is 5.02 Å². The van der Waals surface area contributed by atoms with Gasteiger partial charge in [0.1, 0.15) is 5.82 Å². The summed E-state index contributed by atoms with van der Waals surface area (Å²) in [5.41, 5.74) is 1.45. The van der Waals surface area contributed by atoms with E-state index in [1.807, 2.05) is 0 Å². The van der Waals surface area contributed by atoms with E-state index in [4.69, 9.17) is 11.6 Å². The van der Waals surface area contributed by atoms with Gasteiger partial charge in [0.2, 0.25) is 0 Å². The second-order valence-electron chi connectivity index (χ2n) is 2.96. The minimum absolute atomic E-state index is 0.112. The third-order valence-corrected chi connectivity index (χ3v) is 1.87. The first-order chi connectivity index (χ1) is 7.79. The number of hydrogen-bond donors (Lipinski definition) is 1. The number of halogens is 5. The van der Waals surface area contributed by atoms with Crippen LogP contribution in [0.25, 0.3) is 0 Å². The van der Waals surface area contributed by atoms with Gasteiger partial charge in [0.15, 0.2) is 6.61 Å². The number of amides is 1. The second-order valence-corrected chi connectivity index (χ2v) is 3.37. The Bertz CT molecular complexity index is 422. The van der Waals surface area contributed by atoms with E-state index in [-0.39, 0.29) is 10.6 Å². The Kier molecular flexibility index (Phi) is 4.30. The average Bonchev–Trinajstić information content (AvgIpc) is 2.20. The molecule has 0 radical (unpaired) electrons. The molecule has 0 aliphatic carbocycles. The zero-order chi connectivity index (χ0) is 13.1. The highest BCUT2D eigenvalue weighted by Crippen LogP contribution is 2.16. The number of alkyl halides is 3. The van der Waals surface area contributed by atoms with Crippen molar-refractivity contribution in [2.75, 3.05) is 6.61 Å². The Morgan fingerprint density at radius 1 is 1.41 bits per heavy atom. The van der Waals surface area contributed by atoms with Crippen molar-refractivity contribution in [2.24, 2.45) is 0 Å². The normalized spacial score (nSPS) is 11.4. The molecule has 0 saturated carbocycles. The van der Waals surface area contributed by atoms with Crippen LogP contribution in [-0.4, -0.2) is 18.7 Å². The van der Waals surface area contributed by atoms with Crippen molar-refractivity contribution >= 4 is 17.5 Å². The maximum Gasteiger partial charge on any atom is 0.414 e. The molecule has 0 spiro atoms. The molecule has 0 unspecified atom stereocenters. The predicted molar refractivity (Wildman–Crippen MR) is 50.9 cm³/mol. The van der Waals surface area contributed by atoms with Crippen molar-refractivity contribution in [1.82, 2.24) is 5.48 Å². The SMILES string of the molecule is O=C(NOCC(F)(F)F)c1ccc(F)c(Cl)c1. The smallest absolute Gasteiger partial charge is 0.267 e. The zero-order valence-corrected chi connectivity index (χ0v) is 8.90. The van der Waals surface area contributed by atoms with E-state index in [0.29, 0.717) is 0 Å². The maximum absolute atomic E-state index is 12.7. The van der Waals surface area contributed by atoms with Crippen molar-refractivity contribution in [2.45, 2.75) is 6.18 Å². The Hall–Kier alpha value is -1.34. The lowest BCUT2D eigenvalue weighted by molar-refractivity contribution is -0.184. The first-order valence-electron chi connectivity index (χ1n) is 4.23. The summed E-state index contributed by atoms with van der Waals surface area (Å²) in [5.74, 6) is -1.68. The quantitative estimate of drug-likeness (QED) is 0.678. The van der Waals surface area contributed by atoms with Crippen LogP contribution in [0.5, 0.6) is 0 Å². The largest absolute Gasteiger partial charge is 0.414 e. The Morgan fingerprint density at radius 3 is 2.59 bits per heavy atom. The lowest BCUT2D eigenvalue weighted by Crippen LogP contribution is -2.29. The standard InChI is InChI=1S/C9H6ClF4NO2/c10-6-3-5(1-2-7(6)11)8(16)15-17-4-9(12,13)14/h1-3H,4H2,(H,15,16). The van der Waals surface area contributed by atoms with Gasteiger partial charge in [-0.2, -0.15) is 13.2 Å². The number of benzene rings is 1. The Morgan fingerprint density at radius 2 is 2.06 bits per heavy atom. The highest BCUT2D eigenvalue weighted by Gasteiger charge is 2.28. The average molecular weight is 272 g/mol. The summed E-state index contributed by atoms with van der Waals surface area (Å²) in [4.78, 5) is 15.1. The molecule has 0 bridgehead atoms.